The van der Waals surface area contributed by atoms with Gasteiger partial charge in [-0.25, -0.2) is 0 Å². The standard InChI is InChI=1S/C15H12IN3O2/c1-10(20)19-15(12-3-2-4-13(16)9-12)21-14(18-19)11-5-7-17-8-6-11/h2-9,15H,1H3. The fourth-order valence-electron chi connectivity index (χ4n) is 2.05. The van der Waals surface area contributed by atoms with Gasteiger partial charge in [0, 0.05) is 34.0 Å². The van der Waals surface area contributed by atoms with Crippen molar-refractivity contribution in [2.24, 2.45) is 5.10 Å². The molecule has 21 heavy (non-hydrogen) atoms. The van der Waals surface area contributed by atoms with Gasteiger partial charge in [0.25, 0.3) is 0 Å². The van der Waals surface area contributed by atoms with Crippen LogP contribution in [0.25, 0.3) is 0 Å². The predicted molar refractivity (Wildman–Crippen MR) is 86.3 cm³/mol. The van der Waals surface area contributed by atoms with E-state index < -0.39 is 6.23 Å². The molecule has 1 amide bonds. The van der Waals surface area contributed by atoms with Crippen LogP contribution >= 0.6 is 22.6 Å². The van der Waals surface area contributed by atoms with Gasteiger partial charge in [-0.05, 0) is 46.9 Å². The van der Waals surface area contributed by atoms with Crippen molar-refractivity contribution >= 4 is 34.4 Å². The second kappa shape index (κ2) is 5.80. The molecule has 6 heteroatoms. The van der Waals surface area contributed by atoms with Crippen molar-refractivity contribution in [2.75, 3.05) is 0 Å². The van der Waals surface area contributed by atoms with Crippen LogP contribution in [0.3, 0.4) is 0 Å². The van der Waals surface area contributed by atoms with E-state index in [-0.39, 0.29) is 5.91 Å². The van der Waals surface area contributed by atoms with Crippen LogP contribution in [0.1, 0.15) is 24.3 Å². The number of benzene rings is 1. The van der Waals surface area contributed by atoms with Gasteiger partial charge >= 0.3 is 0 Å². The van der Waals surface area contributed by atoms with Gasteiger partial charge in [0.1, 0.15) is 0 Å². The maximum absolute atomic E-state index is 11.8. The zero-order valence-corrected chi connectivity index (χ0v) is 13.4. The molecule has 2 aromatic rings. The van der Waals surface area contributed by atoms with Crippen LogP contribution in [-0.4, -0.2) is 21.8 Å². The first-order valence-corrected chi connectivity index (χ1v) is 7.44. The van der Waals surface area contributed by atoms with Gasteiger partial charge in [0.15, 0.2) is 0 Å². The Kier molecular flexibility index (Phi) is 3.87. The summed E-state index contributed by atoms with van der Waals surface area (Å²) in [6, 6.07) is 11.4. The van der Waals surface area contributed by atoms with E-state index in [1.807, 2.05) is 24.3 Å². The first-order chi connectivity index (χ1) is 10.1. The molecule has 0 saturated carbocycles. The highest BCUT2D eigenvalue weighted by Crippen LogP contribution is 2.30. The number of pyridine rings is 1. The van der Waals surface area contributed by atoms with E-state index in [1.165, 1.54) is 11.9 Å². The molecule has 0 N–H and O–H groups in total. The van der Waals surface area contributed by atoms with E-state index in [0.717, 1.165) is 14.7 Å². The number of carbonyl (C=O) groups is 1. The molecule has 0 aliphatic carbocycles. The largest absolute Gasteiger partial charge is 0.446 e. The van der Waals surface area contributed by atoms with Crippen molar-refractivity contribution in [1.29, 1.82) is 0 Å². The van der Waals surface area contributed by atoms with Gasteiger partial charge in [-0.2, -0.15) is 5.01 Å². The fraction of sp³-hybridized carbons (Fsp3) is 0.133. The molecule has 0 radical (unpaired) electrons. The number of carbonyl (C=O) groups excluding carboxylic acids is 1. The molecule has 0 spiro atoms. The number of hydrogen-bond donors (Lipinski definition) is 0. The van der Waals surface area contributed by atoms with Crippen LogP contribution in [0.5, 0.6) is 0 Å². The summed E-state index contributed by atoms with van der Waals surface area (Å²) in [7, 11) is 0. The molecule has 1 aromatic carbocycles. The molecule has 2 heterocycles. The van der Waals surface area contributed by atoms with Crippen LogP contribution in [0, 0.1) is 3.57 Å². The van der Waals surface area contributed by atoms with E-state index in [1.54, 1.807) is 24.5 Å². The average Bonchev–Trinajstić information content (AvgIpc) is 2.93. The summed E-state index contributed by atoms with van der Waals surface area (Å²) in [6.07, 6.45) is 2.80. The summed E-state index contributed by atoms with van der Waals surface area (Å²) in [4.78, 5) is 15.8. The molecule has 106 valence electrons. The molecular weight excluding hydrogens is 381 g/mol. The molecule has 1 aliphatic rings. The average molecular weight is 393 g/mol. The Labute approximate surface area is 135 Å². The lowest BCUT2D eigenvalue weighted by Gasteiger charge is -2.19. The minimum Gasteiger partial charge on any atom is -0.446 e. The molecule has 0 fully saturated rings. The summed E-state index contributed by atoms with van der Waals surface area (Å²) < 4.78 is 6.96. The van der Waals surface area contributed by atoms with Gasteiger partial charge < -0.3 is 4.74 Å². The smallest absolute Gasteiger partial charge is 0.243 e. The maximum atomic E-state index is 11.8. The summed E-state index contributed by atoms with van der Waals surface area (Å²) in [6.45, 7) is 1.48. The zero-order chi connectivity index (χ0) is 14.8. The first-order valence-electron chi connectivity index (χ1n) is 6.36. The Bertz CT molecular complexity index is 703. The Hall–Kier alpha value is -1.96. The number of rotatable bonds is 2. The third kappa shape index (κ3) is 2.90. The first kappa shape index (κ1) is 14.0. The lowest BCUT2D eigenvalue weighted by atomic mass is 10.2. The highest BCUT2D eigenvalue weighted by molar-refractivity contribution is 14.1. The highest BCUT2D eigenvalue weighted by Gasteiger charge is 2.33. The maximum Gasteiger partial charge on any atom is 0.243 e. The molecule has 0 saturated heterocycles. The molecule has 1 aromatic heterocycles. The molecule has 0 bridgehead atoms. The number of ether oxygens (including phenoxy) is 1. The fourth-order valence-corrected chi connectivity index (χ4v) is 2.62. The number of hydrazone groups is 1. The molecule has 1 unspecified atom stereocenters. The van der Waals surface area contributed by atoms with E-state index >= 15 is 0 Å². The van der Waals surface area contributed by atoms with Crippen LogP contribution in [-0.2, 0) is 9.53 Å². The van der Waals surface area contributed by atoms with Crippen LogP contribution < -0.4 is 0 Å². The molecule has 3 rings (SSSR count). The number of aromatic nitrogens is 1. The van der Waals surface area contributed by atoms with Crippen LogP contribution in [0.2, 0.25) is 0 Å². The molecule has 1 atom stereocenters. The van der Waals surface area contributed by atoms with E-state index in [9.17, 15) is 4.79 Å². The van der Waals surface area contributed by atoms with Gasteiger partial charge in [-0.15, -0.1) is 5.10 Å². The molecular formula is C15H12IN3O2. The van der Waals surface area contributed by atoms with Crippen molar-refractivity contribution in [3.05, 3.63) is 63.5 Å². The Balaban J connectivity index is 1.95. The van der Waals surface area contributed by atoms with E-state index in [2.05, 4.69) is 32.7 Å². The van der Waals surface area contributed by atoms with Crippen molar-refractivity contribution in [3.8, 4) is 0 Å². The zero-order valence-electron chi connectivity index (χ0n) is 11.2. The quantitative estimate of drug-likeness (QED) is 0.738. The second-order valence-corrected chi connectivity index (χ2v) is 5.78. The van der Waals surface area contributed by atoms with Crippen molar-refractivity contribution in [2.45, 2.75) is 13.2 Å². The summed E-state index contributed by atoms with van der Waals surface area (Å²) in [5.41, 5.74) is 1.69. The van der Waals surface area contributed by atoms with Crippen molar-refractivity contribution < 1.29 is 9.53 Å². The van der Waals surface area contributed by atoms with Crippen molar-refractivity contribution in [3.63, 3.8) is 0 Å². The Morgan fingerprint density at radius 2 is 2.05 bits per heavy atom. The second-order valence-electron chi connectivity index (χ2n) is 4.53. The number of hydrogen-bond acceptors (Lipinski definition) is 4. The third-order valence-corrected chi connectivity index (χ3v) is 3.70. The van der Waals surface area contributed by atoms with Gasteiger partial charge in [0.05, 0.1) is 0 Å². The van der Waals surface area contributed by atoms with Crippen LogP contribution in [0.15, 0.2) is 53.9 Å². The lowest BCUT2D eigenvalue weighted by Crippen LogP contribution is -2.25. The molecule has 1 aliphatic heterocycles. The lowest BCUT2D eigenvalue weighted by molar-refractivity contribution is -0.135. The Morgan fingerprint density at radius 3 is 2.71 bits per heavy atom. The van der Waals surface area contributed by atoms with Gasteiger partial charge in [0.2, 0.25) is 18.0 Å². The van der Waals surface area contributed by atoms with E-state index in [0.29, 0.717) is 5.90 Å². The topological polar surface area (TPSA) is 54.8 Å². The SMILES string of the molecule is CC(=O)N1N=C(c2ccncc2)OC1c1cccc(I)c1. The Morgan fingerprint density at radius 1 is 1.29 bits per heavy atom. The van der Waals surface area contributed by atoms with E-state index in [4.69, 9.17) is 4.74 Å². The minimum atomic E-state index is -0.527. The molecule has 5 nitrogen and oxygen atoms in total. The van der Waals surface area contributed by atoms with Crippen molar-refractivity contribution in [1.82, 2.24) is 9.99 Å². The minimum absolute atomic E-state index is 0.164. The normalized spacial score (nSPS) is 17.3. The number of nitrogens with zero attached hydrogens (tertiary/aromatic N) is 3. The summed E-state index contributed by atoms with van der Waals surface area (Å²) >= 11 is 2.23. The number of halogens is 1. The third-order valence-electron chi connectivity index (χ3n) is 3.03. The summed E-state index contributed by atoms with van der Waals surface area (Å²) in [5.74, 6) is 0.263. The van der Waals surface area contributed by atoms with Gasteiger partial charge in [-0.1, -0.05) is 12.1 Å². The summed E-state index contributed by atoms with van der Waals surface area (Å²) in [5, 5.41) is 5.66. The van der Waals surface area contributed by atoms with Gasteiger partial charge in [-0.3, -0.25) is 9.78 Å². The number of amides is 1. The highest BCUT2D eigenvalue weighted by atomic mass is 127. The monoisotopic (exact) mass is 393 g/mol. The predicted octanol–water partition coefficient (Wildman–Crippen LogP) is 2.93. The van der Waals surface area contributed by atoms with Crippen LogP contribution in [0.4, 0.5) is 0 Å².